The lowest BCUT2D eigenvalue weighted by Crippen LogP contribution is -2.35. The van der Waals surface area contributed by atoms with Gasteiger partial charge in [-0.2, -0.15) is 0 Å². The fourth-order valence-corrected chi connectivity index (χ4v) is 3.20. The molecule has 0 unspecified atom stereocenters. The maximum atomic E-state index is 14.1. The molecule has 0 bridgehead atoms. The van der Waals surface area contributed by atoms with Gasteiger partial charge >= 0.3 is 0 Å². The summed E-state index contributed by atoms with van der Waals surface area (Å²) in [5.74, 6) is -0.102. The van der Waals surface area contributed by atoms with Crippen molar-refractivity contribution in [1.29, 1.82) is 0 Å². The molecule has 1 fully saturated rings. The Labute approximate surface area is 125 Å². The summed E-state index contributed by atoms with van der Waals surface area (Å²) in [6, 6.07) is 5.58. The van der Waals surface area contributed by atoms with E-state index in [0.29, 0.717) is 11.8 Å². The van der Waals surface area contributed by atoms with Crippen molar-refractivity contribution in [3.8, 4) is 0 Å². The first-order chi connectivity index (χ1) is 9.44. The summed E-state index contributed by atoms with van der Waals surface area (Å²) in [5, 5.41) is 3.86. The summed E-state index contributed by atoms with van der Waals surface area (Å²) in [7, 11) is 0. The summed E-state index contributed by atoms with van der Waals surface area (Å²) in [4.78, 5) is 0.761. The molecule has 2 rings (SSSR count). The Morgan fingerprint density at radius 3 is 2.60 bits per heavy atom. The Bertz CT molecular complexity index is 439. The van der Waals surface area contributed by atoms with Gasteiger partial charge in [0.25, 0.3) is 0 Å². The quantitative estimate of drug-likeness (QED) is 0.908. The molecule has 0 amide bonds. The first-order valence-electron chi connectivity index (χ1n) is 7.22. The van der Waals surface area contributed by atoms with Gasteiger partial charge in [0.2, 0.25) is 0 Å². The maximum absolute atomic E-state index is 14.1. The van der Waals surface area contributed by atoms with Crippen molar-refractivity contribution < 1.29 is 9.13 Å². The molecule has 4 heteroatoms. The van der Waals surface area contributed by atoms with Gasteiger partial charge in [0.1, 0.15) is 5.82 Å². The second-order valence-corrected chi connectivity index (χ2v) is 7.64. The molecule has 0 atom stereocenters. The Kier molecular flexibility index (Phi) is 5.47. The van der Waals surface area contributed by atoms with Gasteiger partial charge in [0.05, 0.1) is 0 Å². The van der Waals surface area contributed by atoms with Crippen LogP contribution in [0.25, 0.3) is 0 Å². The molecule has 0 spiro atoms. The minimum absolute atomic E-state index is 0.0476. The fourth-order valence-electron chi connectivity index (χ4n) is 2.09. The monoisotopic (exact) mass is 297 g/mol. The van der Waals surface area contributed by atoms with Crippen molar-refractivity contribution in [3.05, 3.63) is 29.6 Å². The summed E-state index contributed by atoms with van der Waals surface area (Å²) >= 11 is 1.65. The Balaban J connectivity index is 1.94. The zero-order chi connectivity index (χ0) is 14.6. The molecule has 1 saturated heterocycles. The highest BCUT2D eigenvalue weighted by molar-refractivity contribution is 8.00. The van der Waals surface area contributed by atoms with Gasteiger partial charge in [-0.25, -0.2) is 4.39 Å². The van der Waals surface area contributed by atoms with Crippen LogP contribution in [-0.2, 0) is 11.3 Å². The van der Waals surface area contributed by atoms with Crippen LogP contribution < -0.4 is 5.32 Å². The number of halogens is 1. The lowest BCUT2D eigenvalue weighted by atomic mass is 10.1. The third-order valence-corrected chi connectivity index (χ3v) is 4.67. The average Bonchev–Trinajstić information content (AvgIpc) is 2.40. The van der Waals surface area contributed by atoms with Crippen molar-refractivity contribution in [1.82, 2.24) is 5.32 Å². The van der Waals surface area contributed by atoms with Crippen molar-refractivity contribution in [2.75, 3.05) is 13.2 Å². The Morgan fingerprint density at radius 1 is 1.30 bits per heavy atom. The number of hydrogen-bond donors (Lipinski definition) is 1. The summed E-state index contributed by atoms with van der Waals surface area (Å²) in [5.41, 5.74) is 1.04. The maximum Gasteiger partial charge on any atom is 0.137 e. The van der Waals surface area contributed by atoms with E-state index >= 15 is 0 Å². The molecule has 1 N–H and O–H groups in total. The van der Waals surface area contributed by atoms with Crippen molar-refractivity contribution >= 4 is 11.8 Å². The smallest absolute Gasteiger partial charge is 0.137 e. The van der Waals surface area contributed by atoms with Gasteiger partial charge < -0.3 is 10.1 Å². The zero-order valence-electron chi connectivity index (χ0n) is 12.5. The van der Waals surface area contributed by atoms with Crippen molar-refractivity contribution in [3.63, 3.8) is 0 Å². The van der Waals surface area contributed by atoms with Crippen molar-refractivity contribution in [2.45, 2.75) is 55.8 Å². The number of benzene rings is 1. The predicted molar refractivity (Wildman–Crippen MR) is 82.7 cm³/mol. The van der Waals surface area contributed by atoms with Crippen LogP contribution in [0.2, 0.25) is 0 Å². The third kappa shape index (κ3) is 5.08. The highest BCUT2D eigenvalue weighted by Gasteiger charge is 2.17. The van der Waals surface area contributed by atoms with Gasteiger partial charge in [-0.15, -0.1) is 11.8 Å². The Morgan fingerprint density at radius 2 is 2.00 bits per heavy atom. The normalized spacial score (nSPS) is 17.4. The first-order valence-corrected chi connectivity index (χ1v) is 8.10. The van der Waals surface area contributed by atoms with Crippen LogP contribution in [0.15, 0.2) is 23.1 Å². The third-order valence-electron chi connectivity index (χ3n) is 3.28. The van der Waals surface area contributed by atoms with E-state index in [2.05, 4.69) is 26.1 Å². The lowest BCUT2D eigenvalue weighted by molar-refractivity contribution is 0.1000. The van der Waals surface area contributed by atoms with E-state index < -0.39 is 0 Å². The van der Waals surface area contributed by atoms with Crippen LogP contribution in [0.3, 0.4) is 0 Å². The largest absolute Gasteiger partial charge is 0.381 e. The van der Waals surface area contributed by atoms with E-state index in [1.165, 1.54) is 0 Å². The highest BCUT2D eigenvalue weighted by Crippen LogP contribution is 2.31. The fraction of sp³-hybridized carbons (Fsp3) is 0.625. The first kappa shape index (κ1) is 15.8. The molecule has 1 aliphatic rings. The van der Waals surface area contributed by atoms with Crippen molar-refractivity contribution in [2.24, 2.45) is 0 Å². The molecule has 0 saturated carbocycles. The Hall–Kier alpha value is -0.580. The average molecular weight is 297 g/mol. The van der Waals surface area contributed by atoms with Crippen LogP contribution in [-0.4, -0.2) is 24.0 Å². The molecule has 1 heterocycles. The van der Waals surface area contributed by atoms with E-state index in [-0.39, 0.29) is 11.4 Å². The van der Waals surface area contributed by atoms with Crippen LogP contribution >= 0.6 is 11.8 Å². The molecule has 0 radical (unpaired) electrons. The minimum atomic E-state index is -0.102. The van der Waals surface area contributed by atoms with Gasteiger partial charge in [0.15, 0.2) is 0 Å². The number of nitrogens with one attached hydrogen (secondary N) is 1. The van der Waals surface area contributed by atoms with Crippen LogP contribution in [0.5, 0.6) is 0 Å². The van der Waals surface area contributed by atoms with Gasteiger partial charge in [-0.3, -0.25) is 0 Å². The van der Waals surface area contributed by atoms with E-state index in [0.717, 1.165) is 36.5 Å². The van der Waals surface area contributed by atoms with Gasteiger partial charge in [-0.05, 0) is 51.3 Å². The molecule has 20 heavy (non-hydrogen) atoms. The molecular formula is C16H24FNOS. The molecular weight excluding hydrogens is 273 g/mol. The van der Waals surface area contributed by atoms with Crippen LogP contribution in [0.1, 0.15) is 39.2 Å². The number of thioether (sulfide) groups is 1. The highest BCUT2D eigenvalue weighted by atomic mass is 32.2. The summed E-state index contributed by atoms with van der Waals surface area (Å²) in [6.07, 6.45) is 2.02. The second-order valence-electron chi connectivity index (χ2n) is 6.30. The second kappa shape index (κ2) is 6.92. The summed E-state index contributed by atoms with van der Waals surface area (Å²) in [6.45, 7) is 8.62. The molecule has 0 aliphatic carbocycles. The topological polar surface area (TPSA) is 21.3 Å². The standard InChI is InChI=1S/C16H24FNOS/c1-16(2,3)18-11-12-4-5-15(14(17)10-12)20-13-6-8-19-9-7-13/h4-5,10,13,18H,6-9,11H2,1-3H3. The number of ether oxygens (including phenoxy) is 1. The molecule has 2 nitrogen and oxygen atoms in total. The number of hydrogen-bond acceptors (Lipinski definition) is 3. The van der Waals surface area contributed by atoms with Crippen LogP contribution in [0, 0.1) is 5.82 Å². The van der Waals surface area contributed by atoms with E-state index in [9.17, 15) is 4.39 Å². The van der Waals surface area contributed by atoms with E-state index in [4.69, 9.17) is 4.74 Å². The molecule has 112 valence electrons. The zero-order valence-corrected chi connectivity index (χ0v) is 13.4. The van der Waals surface area contributed by atoms with Gasteiger partial charge in [0, 0.05) is 35.4 Å². The molecule has 1 aliphatic heterocycles. The van der Waals surface area contributed by atoms with Crippen LogP contribution in [0.4, 0.5) is 4.39 Å². The van der Waals surface area contributed by atoms with Gasteiger partial charge in [-0.1, -0.05) is 6.07 Å². The molecule has 0 aromatic heterocycles. The summed E-state index contributed by atoms with van der Waals surface area (Å²) < 4.78 is 19.5. The molecule has 1 aromatic rings. The molecule has 1 aromatic carbocycles. The van der Waals surface area contributed by atoms with E-state index in [1.807, 2.05) is 12.1 Å². The SMILES string of the molecule is CC(C)(C)NCc1ccc(SC2CCOCC2)c(F)c1. The van der Waals surface area contributed by atoms with E-state index in [1.54, 1.807) is 17.8 Å². The lowest BCUT2D eigenvalue weighted by Gasteiger charge is -2.22. The number of rotatable bonds is 4. The minimum Gasteiger partial charge on any atom is -0.381 e. The predicted octanol–water partition coefficient (Wildman–Crippen LogP) is 3.98.